The lowest BCUT2D eigenvalue weighted by Crippen LogP contribution is -1.89. The quantitative estimate of drug-likeness (QED) is 0.465. The number of rotatable bonds is 3. The summed E-state index contributed by atoms with van der Waals surface area (Å²) < 4.78 is 0. The fraction of sp³-hybridized carbons (Fsp3) is 0.500. The van der Waals surface area contributed by atoms with Gasteiger partial charge in [-0.05, 0) is 6.08 Å². The fourth-order valence-electron chi connectivity index (χ4n) is 0.315. The number of allylic oxidation sites excluding steroid dienone is 2. The molecule has 0 bridgehead atoms. The zero-order valence-electron chi connectivity index (χ0n) is 5.16. The van der Waals surface area contributed by atoms with E-state index in [0.29, 0.717) is 11.5 Å². The van der Waals surface area contributed by atoms with Gasteiger partial charge in [0, 0.05) is 11.5 Å². The molecular formula is C6H8Cl2O. The zero-order chi connectivity index (χ0) is 7.28. The number of halogens is 2. The molecule has 0 heterocycles. The van der Waals surface area contributed by atoms with Crippen LogP contribution >= 0.6 is 23.2 Å². The molecule has 0 atom stereocenters. The molecule has 0 saturated carbocycles. The second-order valence-corrected chi connectivity index (χ2v) is 2.30. The highest BCUT2D eigenvalue weighted by Gasteiger charge is 1.93. The van der Waals surface area contributed by atoms with Gasteiger partial charge in [-0.25, -0.2) is 0 Å². The molecule has 0 fully saturated rings. The molecule has 0 N–H and O–H groups in total. The highest BCUT2D eigenvalue weighted by atomic mass is 35.5. The van der Waals surface area contributed by atoms with E-state index in [1.807, 2.05) is 0 Å². The van der Waals surface area contributed by atoms with E-state index in [2.05, 4.69) is 0 Å². The van der Waals surface area contributed by atoms with Crippen molar-refractivity contribution >= 4 is 29.0 Å². The Hall–Kier alpha value is -0.0100. The summed E-state index contributed by atoms with van der Waals surface area (Å²) in [5.41, 5.74) is 0. The van der Waals surface area contributed by atoms with Crippen LogP contribution in [0.1, 0.15) is 13.3 Å². The molecule has 0 aromatic rings. The van der Waals surface area contributed by atoms with E-state index >= 15 is 0 Å². The largest absolute Gasteiger partial charge is 0.295 e. The second-order valence-electron chi connectivity index (χ2n) is 1.54. The van der Waals surface area contributed by atoms with Crippen LogP contribution in [-0.2, 0) is 4.79 Å². The second kappa shape index (κ2) is 4.83. The van der Waals surface area contributed by atoms with Crippen LogP contribution in [0.15, 0.2) is 11.1 Å². The van der Waals surface area contributed by atoms with Crippen molar-refractivity contribution in [1.29, 1.82) is 0 Å². The van der Waals surface area contributed by atoms with Crippen LogP contribution in [0.5, 0.6) is 0 Å². The Balaban J connectivity index is 3.79. The minimum absolute atomic E-state index is 0.0145. The van der Waals surface area contributed by atoms with Crippen molar-refractivity contribution in [3.8, 4) is 0 Å². The summed E-state index contributed by atoms with van der Waals surface area (Å²) >= 11 is 10.7. The van der Waals surface area contributed by atoms with E-state index in [-0.39, 0.29) is 11.7 Å². The lowest BCUT2D eigenvalue weighted by atomic mass is 10.3. The van der Waals surface area contributed by atoms with E-state index in [4.69, 9.17) is 23.2 Å². The molecule has 52 valence electrons. The normalized spacial score (nSPS) is 11.7. The van der Waals surface area contributed by atoms with Crippen LogP contribution in [0.3, 0.4) is 0 Å². The maximum Gasteiger partial charge on any atom is 0.156 e. The smallest absolute Gasteiger partial charge is 0.156 e. The first-order valence-corrected chi connectivity index (χ1v) is 3.56. The van der Waals surface area contributed by atoms with Gasteiger partial charge in [-0.15, -0.1) is 11.6 Å². The van der Waals surface area contributed by atoms with Crippen molar-refractivity contribution in [3.05, 3.63) is 11.1 Å². The average molecular weight is 167 g/mol. The number of ketones is 1. The summed E-state index contributed by atoms with van der Waals surface area (Å²) in [6.07, 6.45) is 1.83. The Labute approximate surface area is 64.6 Å². The average Bonchev–Trinajstić information content (AvgIpc) is 1.87. The predicted molar refractivity (Wildman–Crippen MR) is 40.0 cm³/mol. The minimum atomic E-state index is 0.0145. The molecule has 0 unspecified atom stereocenters. The van der Waals surface area contributed by atoms with Gasteiger partial charge in [0.2, 0.25) is 0 Å². The standard InChI is InChI=1S/C6H8Cl2O/c1-2-6(9)3-5(8)4-7/h3H,2,4H2,1H3. The van der Waals surface area contributed by atoms with E-state index in [1.54, 1.807) is 6.92 Å². The topological polar surface area (TPSA) is 17.1 Å². The molecule has 0 aromatic heterocycles. The molecule has 0 aliphatic carbocycles. The minimum Gasteiger partial charge on any atom is -0.295 e. The Kier molecular flexibility index (Phi) is 4.83. The third-order valence-electron chi connectivity index (χ3n) is 0.794. The summed E-state index contributed by atoms with van der Waals surface area (Å²) in [5, 5.41) is 0.406. The first-order valence-electron chi connectivity index (χ1n) is 2.65. The van der Waals surface area contributed by atoms with Gasteiger partial charge < -0.3 is 0 Å². The maximum atomic E-state index is 10.6. The van der Waals surface area contributed by atoms with E-state index in [1.165, 1.54) is 6.08 Å². The van der Waals surface area contributed by atoms with Gasteiger partial charge >= 0.3 is 0 Å². The molecule has 0 saturated heterocycles. The van der Waals surface area contributed by atoms with Gasteiger partial charge in [-0.1, -0.05) is 18.5 Å². The lowest BCUT2D eigenvalue weighted by molar-refractivity contribution is -0.114. The number of alkyl halides is 1. The van der Waals surface area contributed by atoms with Crippen molar-refractivity contribution in [2.24, 2.45) is 0 Å². The molecular weight excluding hydrogens is 159 g/mol. The molecule has 1 nitrogen and oxygen atoms in total. The van der Waals surface area contributed by atoms with Crippen LogP contribution < -0.4 is 0 Å². The Morgan fingerprint density at radius 1 is 1.67 bits per heavy atom. The number of carbonyl (C=O) groups excluding carboxylic acids is 1. The summed E-state index contributed by atoms with van der Waals surface area (Å²) in [4.78, 5) is 10.6. The van der Waals surface area contributed by atoms with E-state index in [0.717, 1.165) is 0 Å². The lowest BCUT2D eigenvalue weighted by Gasteiger charge is -1.87. The number of carbonyl (C=O) groups is 1. The van der Waals surface area contributed by atoms with Gasteiger partial charge in [0.05, 0.1) is 5.88 Å². The van der Waals surface area contributed by atoms with Crippen molar-refractivity contribution < 1.29 is 4.79 Å². The Morgan fingerprint density at radius 3 is 2.56 bits per heavy atom. The van der Waals surface area contributed by atoms with Crippen LogP contribution in [-0.4, -0.2) is 11.7 Å². The first-order chi connectivity index (χ1) is 4.20. The zero-order valence-corrected chi connectivity index (χ0v) is 6.67. The van der Waals surface area contributed by atoms with Crippen LogP contribution in [0, 0.1) is 0 Å². The van der Waals surface area contributed by atoms with Crippen molar-refractivity contribution in [1.82, 2.24) is 0 Å². The van der Waals surface area contributed by atoms with Gasteiger partial charge in [0.15, 0.2) is 5.78 Å². The molecule has 0 aliphatic rings. The molecule has 0 spiro atoms. The molecule has 0 radical (unpaired) electrons. The van der Waals surface area contributed by atoms with E-state index in [9.17, 15) is 4.79 Å². The molecule has 3 heteroatoms. The monoisotopic (exact) mass is 166 g/mol. The fourth-order valence-corrected chi connectivity index (χ4v) is 0.514. The first kappa shape index (κ1) is 8.99. The van der Waals surface area contributed by atoms with Crippen LogP contribution in [0.2, 0.25) is 0 Å². The molecule has 9 heavy (non-hydrogen) atoms. The predicted octanol–water partition coefficient (Wildman–Crippen LogP) is 2.33. The summed E-state index contributed by atoms with van der Waals surface area (Å²) in [6.45, 7) is 1.78. The highest BCUT2D eigenvalue weighted by molar-refractivity contribution is 6.36. The van der Waals surface area contributed by atoms with Crippen molar-refractivity contribution in [3.63, 3.8) is 0 Å². The van der Waals surface area contributed by atoms with Gasteiger partial charge in [-0.3, -0.25) is 4.79 Å². The van der Waals surface area contributed by atoms with Crippen LogP contribution in [0.4, 0.5) is 0 Å². The summed E-state index contributed by atoms with van der Waals surface area (Å²) in [5.74, 6) is 0.230. The molecule has 0 aliphatic heterocycles. The van der Waals surface area contributed by atoms with Crippen LogP contribution in [0.25, 0.3) is 0 Å². The Bertz CT molecular complexity index is 129. The molecule has 0 aromatic carbocycles. The summed E-state index contributed by atoms with van der Waals surface area (Å²) in [7, 11) is 0. The molecule has 0 amide bonds. The molecule has 0 rings (SSSR count). The summed E-state index contributed by atoms with van der Waals surface area (Å²) in [6, 6.07) is 0. The van der Waals surface area contributed by atoms with E-state index < -0.39 is 0 Å². The third-order valence-corrected chi connectivity index (χ3v) is 1.46. The van der Waals surface area contributed by atoms with Crippen molar-refractivity contribution in [2.75, 3.05) is 5.88 Å². The van der Waals surface area contributed by atoms with Gasteiger partial charge in [-0.2, -0.15) is 0 Å². The van der Waals surface area contributed by atoms with Gasteiger partial charge in [0.25, 0.3) is 0 Å². The van der Waals surface area contributed by atoms with Crippen molar-refractivity contribution in [2.45, 2.75) is 13.3 Å². The SMILES string of the molecule is CCC(=O)C=C(Cl)CCl. The number of hydrogen-bond donors (Lipinski definition) is 0. The third kappa shape index (κ3) is 4.49. The Morgan fingerprint density at radius 2 is 2.22 bits per heavy atom. The van der Waals surface area contributed by atoms with Gasteiger partial charge in [0.1, 0.15) is 0 Å². The highest BCUT2D eigenvalue weighted by Crippen LogP contribution is 2.03. The maximum absolute atomic E-state index is 10.6. The number of hydrogen-bond acceptors (Lipinski definition) is 1.